The maximum absolute atomic E-state index is 5.53. The first-order valence-corrected chi connectivity index (χ1v) is 11.5. The molecule has 0 radical (unpaired) electrons. The number of aromatic nitrogens is 2. The summed E-state index contributed by atoms with van der Waals surface area (Å²) in [6, 6.07) is 19.8. The van der Waals surface area contributed by atoms with Crippen LogP contribution in [0.2, 0.25) is 0 Å². The molecule has 1 N–H and O–H groups in total. The van der Waals surface area contributed by atoms with Gasteiger partial charge in [0, 0.05) is 41.5 Å². The van der Waals surface area contributed by atoms with Crippen LogP contribution < -0.4 is 24.4 Å². The molecule has 35 heavy (non-hydrogen) atoms. The van der Waals surface area contributed by atoms with Gasteiger partial charge < -0.3 is 29.2 Å². The fourth-order valence-electron chi connectivity index (χ4n) is 4.13. The molecule has 8 nitrogen and oxygen atoms in total. The van der Waals surface area contributed by atoms with Crippen LogP contribution in [0.1, 0.15) is 0 Å². The summed E-state index contributed by atoms with van der Waals surface area (Å²) in [5, 5.41) is 4.31. The number of hydrogen-bond donors (Lipinski definition) is 1. The molecular weight excluding hydrogens is 444 g/mol. The first-order chi connectivity index (χ1) is 17.2. The highest BCUT2D eigenvalue weighted by Gasteiger charge is 2.16. The predicted molar refractivity (Wildman–Crippen MR) is 137 cm³/mol. The van der Waals surface area contributed by atoms with E-state index in [-0.39, 0.29) is 0 Å². The van der Waals surface area contributed by atoms with Crippen LogP contribution in [0.4, 0.5) is 17.2 Å². The van der Waals surface area contributed by atoms with Gasteiger partial charge in [-0.1, -0.05) is 0 Å². The van der Waals surface area contributed by atoms with Gasteiger partial charge in [-0.25, -0.2) is 9.97 Å². The summed E-state index contributed by atoms with van der Waals surface area (Å²) in [5.74, 6) is 3.28. The first kappa shape index (κ1) is 22.7. The van der Waals surface area contributed by atoms with Gasteiger partial charge in [-0.2, -0.15) is 0 Å². The smallest absolute Gasteiger partial charge is 0.162 e. The molecule has 0 spiro atoms. The summed E-state index contributed by atoms with van der Waals surface area (Å²) in [6.07, 6.45) is 0. The molecule has 4 aromatic rings. The van der Waals surface area contributed by atoms with E-state index in [1.165, 1.54) is 5.69 Å². The molecule has 1 aliphatic rings. The van der Waals surface area contributed by atoms with E-state index in [4.69, 9.17) is 28.9 Å². The summed E-state index contributed by atoms with van der Waals surface area (Å²) in [6.45, 7) is 3.31. The van der Waals surface area contributed by atoms with Crippen LogP contribution in [0.15, 0.2) is 60.7 Å². The average molecular weight is 473 g/mol. The number of ether oxygens (including phenoxy) is 4. The fraction of sp³-hybridized carbons (Fsp3) is 0.259. The highest BCUT2D eigenvalue weighted by molar-refractivity contribution is 5.94. The van der Waals surface area contributed by atoms with E-state index in [1.54, 1.807) is 21.3 Å². The Bertz CT molecular complexity index is 1300. The van der Waals surface area contributed by atoms with E-state index in [0.717, 1.165) is 54.2 Å². The summed E-state index contributed by atoms with van der Waals surface area (Å²) in [7, 11) is 4.88. The van der Waals surface area contributed by atoms with Gasteiger partial charge in [-0.3, -0.25) is 0 Å². The Hall–Kier alpha value is -4.04. The standard InChI is InChI=1S/C27H28N4O4/c1-32-21-10-4-18(5-11-21)26-29-23-17-25(34-3)24(33-2)16-22(23)27(30-26)28-19-6-8-20(9-7-19)31-12-14-35-15-13-31/h4-11,16-17H,12-15H2,1-3H3,(H,28,29,30). The van der Waals surface area contributed by atoms with Gasteiger partial charge in [0.05, 0.1) is 40.1 Å². The van der Waals surface area contributed by atoms with Gasteiger partial charge in [0.2, 0.25) is 0 Å². The molecule has 8 heteroatoms. The topological polar surface area (TPSA) is 78.0 Å². The molecule has 0 saturated carbocycles. The second-order valence-electron chi connectivity index (χ2n) is 8.12. The molecule has 0 amide bonds. The van der Waals surface area contributed by atoms with Crippen LogP contribution in [0, 0.1) is 0 Å². The molecular formula is C27H28N4O4. The molecule has 1 saturated heterocycles. The highest BCUT2D eigenvalue weighted by atomic mass is 16.5. The highest BCUT2D eigenvalue weighted by Crippen LogP contribution is 2.36. The largest absolute Gasteiger partial charge is 0.497 e. The van der Waals surface area contributed by atoms with Crippen LogP contribution in [0.3, 0.4) is 0 Å². The Morgan fingerprint density at radius 2 is 1.49 bits per heavy atom. The van der Waals surface area contributed by atoms with E-state index in [1.807, 2.05) is 36.4 Å². The normalized spacial score (nSPS) is 13.5. The number of morpholine rings is 1. The quantitative estimate of drug-likeness (QED) is 0.407. The lowest BCUT2D eigenvalue weighted by Crippen LogP contribution is -2.36. The second-order valence-corrected chi connectivity index (χ2v) is 8.12. The number of fused-ring (bicyclic) bond motifs is 1. The van der Waals surface area contributed by atoms with E-state index in [2.05, 4.69) is 34.5 Å². The molecule has 2 heterocycles. The van der Waals surface area contributed by atoms with E-state index in [9.17, 15) is 0 Å². The minimum atomic E-state index is 0.597. The average Bonchev–Trinajstić information content (AvgIpc) is 2.93. The van der Waals surface area contributed by atoms with Gasteiger partial charge in [-0.05, 0) is 54.6 Å². The minimum Gasteiger partial charge on any atom is -0.497 e. The molecule has 0 unspecified atom stereocenters. The van der Waals surface area contributed by atoms with Gasteiger partial charge in [0.15, 0.2) is 17.3 Å². The Balaban J connectivity index is 1.54. The van der Waals surface area contributed by atoms with Gasteiger partial charge in [0.1, 0.15) is 11.6 Å². The van der Waals surface area contributed by atoms with Crippen LogP contribution in [0.5, 0.6) is 17.2 Å². The number of anilines is 3. The third-order valence-corrected chi connectivity index (χ3v) is 6.06. The van der Waals surface area contributed by atoms with E-state index in [0.29, 0.717) is 23.1 Å². The number of nitrogens with zero attached hydrogens (tertiary/aromatic N) is 3. The number of benzene rings is 3. The van der Waals surface area contributed by atoms with Crippen molar-refractivity contribution in [2.75, 3.05) is 57.8 Å². The molecule has 1 fully saturated rings. The Kier molecular flexibility index (Phi) is 6.54. The van der Waals surface area contributed by atoms with Crippen molar-refractivity contribution in [2.24, 2.45) is 0 Å². The van der Waals surface area contributed by atoms with Crippen molar-refractivity contribution in [1.82, 2.24) is 9.97 Å². The lowest BCUT2D eigenvalue weighted by atomic mass is 10.1. The lowest BCUT2D eigenvalue weighted by molar-refractivity contribution is 0.122. The SMILES string of the molecule is COc1ccc(-c2nc(Nc3ccc(N4CCOCC4)cc3)c3cc(OC)c(OC)cc3n2)cc1. The van der Waals surface area contributed by atoms with Gasteiger partial charge >= 0.3 is 0 Å². The fourth-order valence-corrected chi connectivity index (χ4v) is 4.13. The van der Waals surface area contributed by atoms with Crippen LogP contribution in [0.25, 0.3) is 22.3 Å². The van der Waals surface area contributed by atoms with Crippen molar-refractivity contribution in [3.05, 3.63) is 60.7 Å². The lowest BCUT2D eigenvalue weighted by Gasteiger charge is -2.29. The molecule has 3 aromatic carbocycles. The molecule has 180 valence electrons. The molecule has 1 aliphatic heterocycles. The number of hydrogen-bond acceptors (Lipinski definition) is 8. The third kappa shape index (κ3) is 4.79. The molecule has 0 bridgehead atoms. The van der Waals surface area contributed by atoms with Gasteiger partial charge in [-0.15, -0.1) is 0 Å². The predicted octanol–water partition coefficient (Wildman–Crippen LogP) is 4.90. The zero-order valence-corrected chi connectivity index (χ0v) is 20.1. The zero-order chi connectivity index (χ0) is 24.2. The minimum absolute atomic E-state index is 0.597. The van der Waals surface area contributed by atoms with Crippen LogP contribution in [-0.4, -0.2) is 57.6 Å². The summed E-state index contributed by atoms with van der Waals surface area (Å²) in [5.41, 5.74) is 3.73. The monoisotopic (exact) mass is 472 g/mol. The zero-order valence-electron chi connectivity index (χ0n) is 20.1. The second kappa shape index (κ2) is 10.1. The molecule has 5 rings (SSSR count). The molecule has 0 atom stereocenters. The maximum atomic E-state index is 5.53. The van der Waals surface area contributed by atoms with Crippen LogP contribution in [-0.2, 0) is 4.74 Å². The van der Waals surface area contributed by atoms with Crippen molar-refractivity contribution >= 4 is 28.1 Å². The summed E-state index contributed by atoms with van der Waals surface area (Å²) in [4.78, 5) is 12.0. The Morgan fingerprint density at radius 3 is 2.14 bits per heavy atom. The number of methoxy groups -OCH3 is 3. The van der Waals surface area contributed by atoms with Gasteiger partial charge in [0.25, 0.3) is 0 Å². The van der Waals surface area contributed by atoms with Crippen LogP contribution >= 0.6 is 0 Å². The Morgan fingerprint density at radius 1 is 0.800 bits per heavy atom. The maximum Gasteiger partial charge on any atom is 0.162 e. The Labute approximate surface area is 204 Å². The van der Waals surface area contributed by atoms with Crippen molar-refractivity contribution < 1.29 is 18.9 Å². The van der Waals surface area contributed by atoms with E-state index >= 15 is 0 Å². The van der Waals surface area contributed by atoms with Crippen molar-refractivity contribution in [3.8, 4) is 28.6 Å². The third-order valence-electron chi connectivity index (χ3n) is 6.06. The molecule has 1 aromatic heterocycles. The first-order valence-electron chi connectivity index (χ1n) is 11.5. The van der Waals surface area contributed by atoms with Crippen molar-refractivity contribution in [3.63, 3.8) is 0 Å². The van der Waals surface area contributed by atoms with Crippen molar-refractivity contribution in [2.45, 2.75) is 0 Å². The number of nitrogens with one attached hydrogen (secondary N) is 1. The summed E-state index contributed by atoms with van der Waals surface area (Å²) >= 11 is 0. The van der Waals surface area contributed by atoms with E-state index < -0.39 is 0 Å². The summed E-state index contributed by atoms with van der Waals surface area (Å²) < 4.78 is 21.8. The molecule has 0 aliphatic carbocycles. The number of rotatable bonds is 7. The van der Waals surface area contributed by atoms with Crippen molar-refractivity contribution in [1.29, 1.82) is 0 Å².